The van der Waals surface area contributed by atoms with Gasteiger partial charge in [-0.15, -0.1) is 0 Å². The van der Waals surface area contributed by atoms with E-state index in [1.54, 1.807) is 31.2 Å². The highest BCUT2D eigenvalue weighted by molar-refractivity contribution is 6.07. The number of hydrogen-bond donors (Lipinski definition) is 2. The smallest absolute Gasteiger partial charge is 0.338 e. The van der Waals surface area contributed by atoms with Gasteiger partial charge in [-0.1, -0.05) is 30.3 Å². The second-order valence-electron chi connectivity index (χ2n) is 8.16. The van der Waals surface area contributed by atoms with Crippen molar-refractivity contribution in [3.05, 3.63) is 95.1 Å². The Balaban J connectivity index is 1.39. The third-order valence-electron chi connectivity index (χ3n) is 5.71. The van der Waals surface area contributed by atoms with Crippen LogP contribution in [0.1, 0.15) is 45.7 Å². The summed E-state index contributed by atoms with van der Waals surface area (Å²) >= 11 is 0. The Bertz CT molecular complexity index is 1190. The number of amides is 3. The van der Waals surface area contributed by atoms with Gasteiger partial charge in [0.1, 0.15) is 0 Å². The maximum atomic E-state index is 13.1. The summed E-state index contributed by atoms with van der Waals surface area (Å²) in [6.45, 7) is 4.40. The number of carbonyl (C=O) groups is 3. The molecule has 0 bridgehead atoms. The summed E-state index contributed by atoms with van der Waals surface area (Å²) in [6, 6.07) is 21.4. The molecule has 0 saturated carbocycles. The van der Waals surface area contributed by atoms with Crippen molar-refractivity contribution >= 4 is 29.3 Å². The van der Waals surface area contributed by atoms with Crippen LogP contribution in [0, 0.1) is 0 Å². The Morgan fingerprint density at radius 3 is 2.41 bits per heavy atom. The quantitative estimate of drug-likeness (QED) is 0.522. The Hall–Kier alpha value is -4.13. The number of urea groups is 1. The van der Waals surface area contributed by atoms with Crippen molar-refractivity contribution in [2.24, 2.45) is 0 Å². The van der Waals surface area contributed by atoms with Crippen molar-refractivity contribution in [3.8, 4) is 0 Å². The molecule has 34 heavy (non-hydrogen) atoms. The van der Waals surface area contributed by atoms with Gasteiger partial charge in [0, 0.05) is 29.5 Å². The molecule has 2 N–H and O–H groups in total. The molecule has 3 aromatic carbocycles. The molecule has 3 aromatic rings. The van der Waals surface area contributed by atoms with E-state index in [-0.39, 0.29) is 18.0 Å². The number of carbonyl (C=O) groups excluding carboxylic acids is 3. The predicted octanol–water partition coefficient (Wildman–Crippen LogP) is 4.78. The first-order chi connectivity index (χ1) is 16.5. The van der Waals surface area contributed by atoms with Crippen molar-refractivity contribution in [1.82, 2.24) is 5.32 Å². The normalized spacial score (nSPS) is 14.3. The van der Waals surface area contributed by atoms with Crippen molar-refractivity contribution in [1.29, 1.82) is 0 Å². The first kappa shape index (κ1) is 23.0. The van der Waals surface area contributed by atoms with Crippen LogP contribution in [-0.4, -0.2) is 30.6 Å². The molecule has 0 radical (unpaired) electrons. The van der Waals surface area contributed by atoms with Crippen LogP contribution in [0.15, 0.2) is 72.8 Å². The molecule has 0 saturated heterocycles. The highest BCUT2D eigenvalue weighted by atomic mass is 16.5. The van der Waals surface area contributed by atoms with Gasteiger partial charge in [-0.05, 0) is 73.9 Å². The van der Waals surface area contributed by atoms with Gasteiger partial charge >= 0.3 is 12.0 Å². The molecule has 174 valence electrons. The average Bonchev–Trinajstić information content (AvgIpc) is 3.18. The molecule has 1 atom stereocenters. The molecule has 1 heterocycles. The first-order valence-electron chi connectivity index (χ1n) is 11.3. The summed E-state index contributed by atoms with van der Waals surface area (Å²) < 4.78 is 4.96. The zero-order valence-corrected chi connectivity index (χ0v) is 19.2. The van der Waals surface area contributed by atoms with Crippen LogP contribution in [0.3, 0.4) is 0 Å². The maximum absolute atomic E-state index is 13.1. The Morgan fingerprint density at radius 2 is 1.71 bits per heavy atom. The lowest BCUT2D eigenvalue weighted by Crippen LogP contribution is -2.35. The summed E-state index contributed by atoms with van der Waals surface area (Å²) in [5.74, 6) is -0.426. The second-order valence-corrected chi connectivity index (χ2v) is 8.16. The maximum Gasteiger partial charge on any atom is 0.338 e. The third-order valence-corrected chi connectivity index (χ3v) is 5.71. The van der Waals surface area contributed by atoms with Crippen molar-refractivity contribution < 1.29 is 19.1 Å². The molecule has 0 spiro atoms. The molecule has 7 nitrogen and oxygen atoms in total. The molecule has 0 fully saturated rings. The van der Waals surface area contributed by atoms with E-state index in [1.165, 1.54) is 0 Å². The van der Waals surface area contributed by atoms with Gasteiger partial charge in [0.05, 0.1) is 12.2 Å². The zero-order valence-electron chi connectivity index (χ0n) is 19.2. The topological polar surface area (TPSA) is 87.7 Å². The largest absolute Gasteiger partial charge is 0.462 e. The fraction of sp³-hybridized carbons (Fsp3) is 0.222. The molecular weight excluding hydrogens is 430 g/mol. The van der Waals surface area contributed by atoms with Crippen LogP contribution >= 0.6 is 0 Å². The standard InChI is InChI=1S/C27H27N3O4/c1-3-34-26(32)21-11-13-23(14-12-21)29-27(33)28-17-19-9-10-22-15-18(2)30(24(22)16-19)25(31)20-7-5-4-6-8-20/h4-14,16,18H,3,15,17H2,1-2H3,(H2,28,29,33)/t18-/m1/s1. The van der Waals surface area contributed by atoms with Gasteiger partial charge in [0.25, 0.3) is 5.91 Å². The van der Waals surface area contributed by atoms with E-state index in [0.29, 0.717) is 30.0 Å². The number of hydrogen-bond acceptors (Lipinski definition) is 4. The number of anilines is 2. The highest BCUT2D eigenvalue weighted by Crippen LogP contribution is 2.34. The molecule has 0 unspecified atom stereocenters. The Morgan fingerprint density at radius 1 is 0.971 bits per heavy atom. The zero-order chi connectivity index (χ0) is 24.1. The van der Waals surface area contributed by atoms with E-state index in [2.05, 4.69) is 10.6 Å². The predicted molar refractivity (Wildman–Crippen MR) is 131 cm³/mol. The molecule has 1 aliphatic heterocycles. The van der Waals surface area contributed by atoms with E-state index in [4.69, 9.17) is 4.74 Å². The fourth-order valence-electron chi connectivity index (χ4n) is 4.05. The number of esters is 1. The molecule has 7 heteroatoms. The fourth-order valence-corrected chi connectivity index (χ4v) is 4.05. The van der Waals surface area contributed by atoms with Crippen molar-refractivity contribution in [2.75, 3.05) is 16.8 Å². The van der Waals surface area contributed by atoms with E-state index in [1.807, 2.05) is 60.4 Å². The van der Waals surface area contributed by atoms with E-state index >= 15 is 0 Å². The number of fused-ring (bicyclic) bond motifs is 1. The summed E-state index contributed by atoms with van der Waals surface area (Å²) in [7, 11) is 0. The molecular formula is C27H27N3O4. The van der Waals surface area contributed by atoms with Crippen LogP contribution in [-0.2, 0) is 17.7 Å². The van der Waals surface area contributed by atoms with Crippen LogP contribution in [0.4, 0.5) is 16.2 Å². The molecule has 4 rings (SSSR count). The summed E-state index contributed by atoms with van der Waals surface area (Å²) in [5.41, 5.74) is 4.54. The minimum atomic E-state index is -0.399. The van der Waals surface area contributed by atoms with E-state index < -0.39 is 5.97 Å². The lowest BCUT2D eigenvalue weighted by molar-refractivity contribution is 0.0526. The minimum absolute atomic E-state index is 0.0269. The lowest BCUT2D eigenvalue weighted by atomic mass is 10.1. The number of nitrogens with zero attached hydrogens (tertiary/aromatic N) is 1. The Labute approximate surface area is 198 Å². The number of benzene rings is 3. The van der Waals surface area contributed by atoms with Crippen LogP contribution in [0.2, 0.25) is 0 Å². The molecule has 0 aliphatic carbocycles. The van der Waals surface area contributed by atoms with E-state index in [0.717, 1.165) is 23.2 Å². The van der Waals surface area contributed by atoms with Crippen LogP contribution in [0.25, 0.3) is 0 Å². The number of rotatable bonds is 6. The average molecular weight is 458 g/mol. The Kier molecular flexibility index (Phi) is 6.92. The van der Waals surface area contributed by atoms with Gasteiger partial charge in [-0.2, -0.15) is 0 Å². The minimum Gasteiger partial charge on any atom is -0.462 e. The lowest BCUT2D eigenvalue weighted by Gasteiger charge is -2.23. The summed E-state index contributed by atoms with van der Waals surface area (Å²) in [5, 5.41) is 5.59. The number of nitrogens with one attached hydrogen (secondary N) is 2. The number of ether oxygens (including phenoxy) is 1. The van der Waals surface area contributed by atoms with Gasteiger partial charge in [0.15, 0.2) is 0 Å². The van der Waals surface area contributed by atoms with Gasteiger partial charge in [-0.3, -0.25) is 4.79 Å². The molecule has 3 amide bonds. The molecule has 1 aliphatic rings. The van der Waals surface area contributed by atoms with Crippen LogP contribution < -0.4 is 15.5 Å². The monoisotopic (exact) mass is 457 g/mol. The van der Waals surface area contributed by atoms with Gasteiger partial charge in [-0.25, -0.2) is 9.59 Å². The van der Waals surface area contributed by atoms with Crippen molar-refractivity contribution in [3.63, 3.8) is 0 Å². The van der Waals surface area contributed by atoms with Gasteiger partial charge < -0.3 is 20.3 Å². The van der Waals surface area contributed by atoms with E-state index in [9.17, 15) is 14.4 Å². The van der Waals surface area contributed by atoms with Crippen LogP contribution in [0.5, 0.6) is 0 Å². The molecule has 0 aromatic heterocycles. The summed E-state index contributed by atoms with van der Waals surface area (Å²) in [6.07, 6.45) is 0.796. The highest BCUT2D eigenvalue weighted by Gasteiger charge is 2.31. The third kappa shape index (κ3) is 5.09. The SMILES string of the molecule is CCOC(=O)c1ccc(NC(=O)NCc2ccc3c(c2)N(C(=O)c2ccccc2)[C@H](C)C3)cc1. The van der Waals surface area contributed by atoms with Crippen molar-refractivity contribution in [2.45, 2.75) is 32.9 Å². The first-order valence-corrected chi connectivity index (χ1v) is 11.3. The van der Waals surface area contributed by atoms with Gasteiger partial charge in [0.2, 0.25) is 0 Å². The summed E-state index contributed by atoms with van der Waals surface area (Å²) in [4.78, 5) is 39.1. The second kappa shape index (κ2) is 10.2.